The summed E-state index contributed by atoms with van der Waals surface area (Å²) in [5, 5.41) is 22.2. The maximum absolute atomic E-state index is 12.1. The van der Waals surface area contributed by atoms with Gasteiger partial charge >= 0.3 is 5.69 Å². The van der Waals surface area contributed by atoms with E-state index in [-0.39, 0.29) is 5.82 Å². The van der Waals surface area contributed by atoms with Gasteiger partial charge in [-0.25, -0.2) is 4.79 Å². The van der Waals surface area contributed by atoms with E-state index < -0.39 is 35.8 Å². The van der Waals surface area contributed by atoms with Crippen LogP contribution in [0.5, 0.6) is 0 Å². The van der Waals surface area contributed by atoms with Gasteiger partial charge < -0.3 is 26.4 Å². The second-order valence-electron chi connectivity index (χ2n) is 5.27. The quantitative estimate of drug-likeness (QED) is 0.494. The number of halogens is 1. The van der Waals surface area contributed by atoms with Crippen LogP contribution in [0.2, 0.25) is 0 Å². The van der Waals surface area contributed by atoms with E-state index in [1.54, 1.807) is 6.92 Å². The number of aryl methyl sites for hydroxylation is 1. The lowest BCUT2D eigenvalue weighted by molar-refractivity contribution is -0.0783. The number of nitrogens with two attached hydrogens (primary N) is 2. The third kappa shape index (κ3) is 2.58. The summed E-state index contributed by atoms with van der Waals surface area (Å²) in [5.41, 5.74) is 9.69. The van der Waals surface area contributed by atoms with Gasteiger partial charge in [0.05, 0.1) is 6.10 Å². The van der Waals surface area contributed by atoms with Crippen molar-refractivity contribution in [2.24, 2.45) is 5.73 Å². The molecule has 1 fully saturated rings. The van der Waals surface area contributed by atoms with Crippen molar-refractivity contribution in [2.45, 2.75) is 43.9 Å². The highest BCUT2D eigenvalue weighted by atomic mass is 35.5. The van der Waals surface area contributed by atoms with Crippen molar-refractivity contribution in [1.29, 1.82) is 0 Å². The van der Waals surface area contributed by atoms with Gasteiger partial charge in [-0.15, -0.1) is 0 Å². The van der Waals surface area contributed by atoms with Crippen LogP contribution in [0.4, 0.5) is 5.82 Å². The van der Waals surface area contributed by atoms with Gasteiger partial charge in [0.15, 0.2) is 11.8 Å². The molecule has 1 aromatic rings. The largest absolute Gasteiger partial charge is 0.391 e. The molecule has 0 amide bonds. The number of nitrogen functional groups attached to an aromatic ring is 1. The van der Waals surface area contributed by atoms with Crippen LogP contribution >= 0.6 is 11.6 Å². The number of hydrogen-bond acceptors (Lipinski definition) is 7. The number of rotatable bonds is 2. The number of nitrogens with zero attached hydrogens (tertiary/aromatic N) is 2. The van der Waals surface area contributed by atoms with Gasteiger partial charge in [0, 0.05) is 11.1 Å². The van der Waals surface area contributed by atoms with Gasteiger partial charge in [-0.3, -0.25) is 4.57 Å². The number of aliphatic hydroxyl groups excluding tert-OH is 2. The summed E-state index contributed by atoms with van der Waals surface area (Å²) >= 11 is 5.43. The molecule has 2 heterocycles. The zero-order chi connectivity index (χ0) is 16.7. The normalized spacial score (nSPS) is 32.4. The lowest BCUT2D eigenvalue weighted by atomic mass is 9.90. The Labute approximate surface area is 131 Å². The molecule has 1 aromatic heterocycles. The Morgan fingerprint density at radius 3 is 2.77 bits per heavy atom. The molecule has 0 aromatic carbocycles. The van der Waals surface area contributed by atoms with Crippen LogP contribution in [0.3, 0.4) is 0 Å². The fourth-order valence-electron chi connectivity index (χ4n) is 2.54. The first-order chi connectivity index (χ1) is 10.2. The first-order valence-corrected chi connectivity index (χ1v) is 6.89. The van der Waals surface area contributed by atoms with E-state index in [1.807, 2.05) is 0 Å². The van der Waals surface area contributed by atoms with Gasteiger partial charge in [0.2, 0.25) is 0 Å². The molecule has 1 saturated heterocycles. The van der Waals surface area contributed by atoms with Crippen molar-refractivity contribution in [3.8, 4) is 11.3 Å². The second-order valence-corrected chi connectivity index (χ2v) is 5.45. The molecular weight excluding hydrogens is 312 g/mol. The third-order valence-electron chi connectivity index (χ3n) is 3.64. The van der Waals surface area contributed by atoms with Crippen LogP contribution in [-0.4, -0.2) is 43.6 Å². The number of aliphatic hydroxyl groups is 2. The maximum atomic E-state index is 12.1. The summed E-state index contributed by atoms with van der Waals surface area (Å²) in [7, 11) is 0. The van der Waals surface area contributed by atoms with E-state index in [4.69, 9.17) is 27.8 Å². The van der Waals surface area contributed by atoms with Crippen molar-refractivity contribution in [2.75, 3.05) is 5.73 Å². The molecule has 5 atom stereocenters. The molecule has 1 unspecified atom stereocenters. The molecule has 0 saturated carbocycles. The first-order valence-electron chi connectivity index (χ1n) is 6.51. The molecular formula is C13H17ClN4O4. The molecule has 6 N–H and O–H groups in total. The molecule has 2 rings (SSSR count). The van der Waals surface area contributed by atoms with Crippen LogP contribution in [0, 0.1) is 18.2 Å². The summed E-state index contributed by atoms with van der Waals surface area (Å²) in [4.78, 5) is 15.8. The Hall–Kier alpha value is -1.63. The fraction of sp³-hybridized carbons (Fsp3) is 0.538. The third-order valence-corrected chi connectivity index (χ3v) is 3.73. The minimum atomic E-state index is -1.68. The predicted octanol–water partition coefficient (Wildman–Crippen LogP) is -1.33. The van der Waals surface area contributed by atoms with Crippen molar-refractivity contribution >= 4 is 17.4 Å². The summed E-state index contributed by atoms with van der Waals surface area (Å²) in [6, 6.07) is 1.46. The minimum absolute atomic E-state index is 0.0513. The van der Waals surface area contributed by atoms with Gasteiger partial charge in [-0.05, 0) is 31.5 Å². The Balaban J connectivity index is 2.62. The van der Waals surface area contributed by atoms with E-state index in [2.05, 4.69) is 16.3 Å². The van der Waals surface area contributed by atoms with E-state index in [0.717, 1.165) is 4.57 Å². The number of ether oxygens (including phenoxy) is 1. The zero-order valence-electron chi connectivity index (χ0n) is 12.0. The van der Waals surface area contributed by atoms with Crippen molar-refractivity contribution in [3.63, 3.8) is 0 Å². The number of anilines is 1. The topological polar surface area (TPSA) is 137 Å². The second kappa shape index (κ2) is 5.87. The SMILES string of the molecule is Cc1cc(N)nc(=O)n1[C@@H]1O[C@H]([C@H](C)O)[C@H](O)C1(N)C#CCl. The Morgan fingerprint density at radius 1 is 1.64 bits per heavy atom. The van der Waals surface area contributed by atoms with Crippen molar-refractivity contribution in [3.05, 3.63) is 22.2 Å². The minimum Gasteiger partial charge on any atom is -0.391 e. The molecule has 22 heavy (non-hydrogen) atoms. The summed E-state index contributed by atoms with van der Waals surface area (Å²) < 4.78 is 6.72. The zero-order valence-corrected chi connectivity index (χ0v) is 12.8. The summed E-state index contributed by atoms with van der Waals surface area (Å²) in [6.45, 7) is 3.04. The monoisotopic (exact) mass is 328 g/mol. The molecule has 1 aliphatic rings. The fourth-order valence-corrected chi connectivity index (χ4v) is 2.70. The Morgan fingerprint density at radius 2 is 2.27 bits per heavy atom. The van der Waals surface area contributed by atoms with Crippen LogP contribution in [0.1, 0.15) is 18.8 Å². The van der Waals surface area contributed by atoms with Gasteiger partial charge in [-0.2, -0.15) is 4.98 Å². The molecule has 8 nitrogen and oxygen atoms in total. The van der Waals surface area contributed by atoms with Gasteiger partial charge in [0.1, 0.15) is 18.0 Å². The Bertz CT molecular complexity index is 696. The lowest BCUT2D eigenvalue weighted by Crippen LogP contribution is -2.55. The molecule has 0 radical (unpaired) electrons. The van der Waals surface area contributed by atoms with Crippen molar-refractivity contribution in [1.82, 2.24) is 9.55 Å². The van der Waals surface area contributed by atoms with E-state index in [1.165, 1.54) is 13.0 Å². The molecule has 0 spiro atoms. The van der Waals surface area contributed by atoms with Crippen LogP contribution in [0.15, 0.2) is 10.9 Å². The Kier molecular flexibility index (Phi) is 4.47. The first kappa shape index (κ1) is 16.7. The lowest BCUT2D eigenvalue weighted by Gasteiger charge is -2.28. The maximum Gasteiger partial charge on any atom is 0.351 e. The molecule has 1 aliphatic heterocycles. The number of hydrogen-bond donors (Lipinski definition) is 4. The van der Waals surface area contributed by atoms with Gasteiger partial charge in [0.25, 0.3) is 0 Å². The average Bonchev–Trinajstić information content (AvgIpc) is 2.63. The summed E-state index contributed by atoms with van der Waals surface area (Å²) in [5.74, 6) is 2.51. The number of aromatic nitrogens is 2. The highest BCUT2D eigenvalue weighted by Gasteiger charge is 2.56. The molecule has 0 bridgehead atoms. The van der Waals surface area contributed by atoms with Gasteiger partial charge in [-0.1, -0.05) is 5.92 Å². The van der Waals surface area contributed by atoms with E-state index >= 15 is 0 Å². The molecule has 0 aliphatic carbocycles. The van der Waals surface area contributed by atoms with Crippen LogP contribution in [-0.2, 0) is 4.74 Å². The molecule has 9 heteroatoms. The smallest absolute Gasteiger partial charge is 0.351 e. The van der Waals surface area contributed by atoms with Crippen LogP contribution in [0.25, 0.3) is 0 Å². The predicted molar refractivity (Wildman–Crippen MR) is 79.8 cm³/mol. The van der Waals surface area contributed by atoms with Crippen molar-refractivity contribution < 1.29 is 14.9 Å². The average molecular weight is 329 g/mol. The summed E-state index contributed by atoms with van der Waals surface area (Å²) in [6.07, 6.45) is -4.59. The highest BCUT2D eigenvalue weighted by molar-refractivity contribution is 6.30. The van der Waals surface area contributed by atoms with Crippen LogP contribution < -0.4 is 17.2 Å². The van der Waals surface area contributed by atoms with E-state index in [9.17, 15) is 15.0 Å². The van der Waals surface area contributed by atoms with E-state index in [0.29, 0.717) is 5.69 Å². The molecule has 120 valence electrons. The highest BCUT2D eigenvalue weighted by Crippen LogP contribution is 2.37. The standard InChI is InChI=1S/C13H17ClN4O4/c1-6-5-8(15)17-12(21)18(6)11-13(16,3-4-14)10(20)9(22-11)7(2)19/h5,7,9-11,19-20H,16H2,1-2H3,(H2,15,17,21)/t7-,9+,10-,11+,13?/m0/s1.